The van der Waals surface area contributed by atoms with Crippen LogP contribution in [0.5, 0.6) is 0 Å². The van der Waals surface area contributed by atoms with E-state index < -0.39 is 6.04 Å². The van der Waals surface area contributed by atoms with Gasteiger partial charge in [-0.25, -0.2) is 0 Å². The predicted molar refractivity (Wildman–Crippen MR) is 67.7 cm³/mol. The van der Waals surface area contributed by atoms with Gasteiger partial charge in [-0.15, -0.1) is 6.58 Å². The number of hydrogen-bond acceptors (Lipinski definition) is 2. The van der Waals surface area contributed by atoms with Gasteiger partial charge in [0, 0.05) is 11.4 Å². The summed E-state index contributed by atoms with van der Waals surface area (Å²) in [6, 6.07) is 5.18. The lowest BCUT2D eigenvalue weighted by Crippen LogP contribution is -2.31. The van der Waals surface area contributed by atoms with Crippen LogP contribution in [-0.4, -0.2) is 11.8 Å². The molecule has 86 valence electrons. The van der Waals surface area contributed by atoms with E-state index in [1.807, 2.05) is 25.1 Å². The number of Topliss-reactive ketones (excluding diaryl/α,β-unsaturated/α-hetero) is 1. The highest BCUT2D eigenvalue weighted by Gasteiger charge is 2.13. The Hall–Kier alpha value is -1.12. The zero-order valence-electron chi connectivity index (χ0n) is 9.37. The van der Waals surface area contributed by atoms with Crippen LogP contribution in [0.2, 0.25) is 5.02 Å². The molecule has 0 heterocycles. The normalized spacial score (nSPS) is 12.2. The van der Waals surface area contributed by atoms with E-state index in [0.29, 0.717) is 11.4 Å². The molecule has 0 aliphatic heterocycles. The van der Waals surface area contributed by atoms with Crippen molar-refractivity contribution < 1.29 is 4.79 Å². The lowest BCUT2D eigenvalue weighted by molar-refractivity contribution is -0.119. The van der Waals surface area contributed by atoms with Gasteiger partial charge in [0.05, 0.1) is 6.04 Å². The Labute approximate surface area is 101 Å². The van der Waals surface area contributed by atoms with E-state index in [2.05, 4.69) is 6.58 Å². The third-order valence-electron chi connectivity index (χ3n) is 2.41. The summed E-state index contributed by atoms with van der Waals surface area (Å²) in [5.41, 5.74) is 7.60. The molecule has 0 saturated carbocycles. The molecule has 1 rings (SSSR count). The summed E-state index contributed by atoms with van der Waals surface area (Å²) in [5.74, 6) is -0.00865. The summed E-state index contributed by atoms with van der Waals surface area (Å²) in [6.45, 7) is 5.52. The summed E-state index contributed by atoms with van der Waals surface area (Å²) >= 11 is 6.04. The van der Waals surface area contributed by atoms with Crippen molar-refractivity contribution in [1.82, 2.24) is 0 Å². The number of rotatable bonds is 5. The van der Waals surface area contributed by atoms with Crippen molar-refractivity contribution in [3.63, 3.8) is 0 Å². The average Bonchev–Trinajstić information content (AvgIpc) is 2.22. The summed E-state index contributed by atoms with van der Waals surface area (Å²) in [5, 5.41) is 0.624. The number of aryl methyl sites for hydroxylation is 1. The van der Waals surface area contributed by atoms with Crippen LogP contribution in [0.25, 0.3) is 0 Å². The Balaban J connectivity index is 2.73. The van der Waals surface area contributed by atoms with Gasteiger partial charge < -0.3 is 5.73 Å². The van der Waals surface area contributed by atoms with E-state index in [9.17, 15) is 4.79 Å². The molecule has 0 spiro atoms. The number of hydrogen-bond donors (Lipinski definition) is 1. The zero-order valence-corrected chi connectivity index (χ0v) is 10.1. The van der Waals surface area contributed by atoms with Gasteiger partial charge in [-0.05, 0) is 30.5 Å². The number of ketones is 1. The minimum absolute atomic E-state index is 0.00865. The fraction of sp³-hybridized carbons (Fsp3) is 0.308. The first-order valence-corrected chi connectivity index (χ1v) is 5.56. The second-order valence-corrected chi connectivity index (χ2v) is 4.28. The summed E-state index contributed by atoms with van der Waals surface area (Å²) in [6.07, 6.45) is 2.44. The molecule has 0 radical (unpaired) electrons. The van der Waals surface area contributed by atoms with Crippen molar-refractivity contribution in [3.8, 4) is 0 Å². The molecule has 1 atom stereocenters. The lowest BCUT2D eigenvalue weighted by Gasteiger charge is -2.09. The maximum Gasteiger partial charge on any atom is 0.154 e. The molecule has 1 unspecified atom stereocenters. The fourth-order valence-corrected chi connectivity index (χ4v) is 1.73. The van der Waals surface area contributed by atoms with Crippen molar-refractivity contribution >= 4 is 17.4 Å². The van der Waals surface area contributed by atoms with E-state index in [1.54, 1.807) is 6.08 Å². The number of carbonyl (C=O) groups is 1. The van der Waals surface area contributed by atoms with Crippen molar-refractivity contribution in [3.05, 3.63) is 47.0 Å². The minimum Gasteiger partial charge on any atom is -0.321 e. The maximum atomic E-state index is 11.7. The molecule has 0 aliphatic rings. The first-order valence-electron chi connectivity index (χ1n) is 5.19. The minimum atomic E-state index is -0.477. The third kappa shape index (κ3) is 3.47. The van der Waals surface area contributed by atoms with Gasteiger partial charge in [-0.2, -0.15) is 0 Å². The highest BCUT2D eigenvalue weighted by atomic mass is 35.5. The van der Waals surface area contributed by atoms with Gasteiger partial charge in [-0.1, -0.05) is 29.8 Å². The quantitative estimate of drug-likeness (QED) is 0.801. The molecule has 0 aliphatic carbocycles. The van der Waals surface area contributed by atoms with Crippen molar-refractivity contribution in [2.75, 3.05) is 0 Å². The summed E-state index contributed by atoms with van der Waals surface area (Å²) < 4.78 is 0. The number of carbonyl (C=O) groups excluding carboxylic acids is 1. The second-order valence-electron chi connectivity index (χ2n) is 3.87. The lowest BCUT2D eigenvalue weighted by atomic mass is 10.0. The monoisotopic (exact) mass is 237 g/mol. The van der Waals surface area contributed by atoms with Crippen LogP contribution in [0.3, 0.4) is 0 Å². The topological polar surface area (TPSA) is 43.1 Å². The van der Waals surface area contributed by atoms with E-state index in [-0.39, 0.29) is 12.2 Å². The van der Waals surface area contributed by atoms with E-state index in [1.165, 1.54) is 0 Å². The molecule has 0 aromatic heterocycles. The van der Waals surface area contributed by atoms with Gasteiger partial charge in [0.15, 0.2) is 5.78 Å². The first-order chi connectivity index (χ1) is 7.54. The standard InChI is InChI=1S/C13H16ClNO/c1-3-4-12(15)13(16)8-10-6-5-9(2)7-11(10)14/h3,5-7,12H,1,4,8,15H2,2H3. The summed E-state index contributed by atoms with van der Waals surface area (Å²) in [7, 11) is 0. The fourth-order valence-electron chi connectivity index (χ4n) is 1.43. The molecule has 3 heteroatoms. The van der Waals surface area contributed by atoms with Crippen LogP contribution in [0.15, 0.2) is 30.9 Å². The Morgan fingerprint density at radius 3 is 2.88 bits per heavy atom. The van der Waals surface area contributed by atoms with Crippen LogP contribution in [0.4, 0.5) is 0 Å². The first kappa shape index (κ1) is 12.9. The average molecular weight is 238 g/mol. The van der Waals surface area contributed by atoms with E-state index in [0.717, 1.165) is 11.1 Å². The SMILES string of the molecule is C=CCC(N)C(=O)Cc1ccc(C)cc1Cl. The Morgan fingerprint density at radius 1 is 1.62 bits per heavy atom. The summed E-state index contributed by atoms with van der Waals surface area (Å²) in [4.78, 5) is 11.7. The highest BCUT2D eigenvalue weighted by molar-refractivity contribution is 6.31. The van der Waals surface area contributed by atoms with Crippen LogP contribution < -0.4 is 5.73 Å². The van der Waals surface area contributed by atoms with Crippen LogP contribution >= 0.6 is 11.6 Å². The van der Waals surface area contributed by atoms with Gasteiger partial charge >= 0.3 is 0 Å². The predicted octanol–water partition coefficient (Wildman–Crippen LogP) is 2.66. The number of benzene rings is 1. The Kier molecular flexibility index (Phi) is 4.71. The van der Waals surface area contributed by atoms with Crippen molar-refractivity contribution in [1.29, 1.82) is 0 Å². The van der Waals surface area contributed by atoms with Gasteiger partial charge in [0.1, 0.15) is 0 Å². The van der Waals surface area contributed by atoms with Gasteiger partial charge in [-0.3, -0.25) is 4.79 Å². The van der Waals surface area contributed by atoms with Gasteiger partial charge in [0.2, 0.25) is 0 Å². The highest BCUT2D eigenvalue weighted by Crippen LogP contribution is 2.18. The zero-order chi connectivity index (χ0) is 12.1. The van der Waals surface area contributed by atoms with Crippen molar-refractivity contribution in [2.24, 2.45) is 5.73 Å². The molecule has 0 amide bonds. The number of nitrogens with two attached hydrogens (primary N) is 1. The van der Waals surface area contributed by atoms with Crippen LogP contribution in [-0.2, 0) is 11.2 Å². The largest absolute Gasteiger partial charge is 0.321 e. The Morgan fingerprint density at radius 2 is 2.31 bits per heavy atom. The molecule has 1 aromatic carbocycles. The second kappa shape index (κ2) is 5.83. The molecule has 0 fully saturated rings. The van der Waals surface area contributed by atoms with E-state index in [4.69, 9.17) is 17.3 Å². The third-order valence-corrected chi connectivity index (χ3v) is 2.76. The van der Waals surface area contributed by atoms with Crippen LogP contribution in [0, 0.1) is 6.92 Å². The number of halogens is 1. The molecular formula is C13H16ClNO. The van der Waals surface area contributed by atoms with Gasteiger partial charge in [0.25, 0.3) is 0 Å². The van der Waals surface area contributed by atoms with E-state index >= 15 is 0 Å². The Bertz CT molecular complexity index is 401. The molecule has 2 nitrogen and oxygen atoms in total. The molecule has 0 bridgehead atoms. The van der Waals surface area contributed by atoms with Crippen molar-refractivity contribution in [2.45, 2.75) is 25.8 Å². The van der Waals surface area contributed by atoms with Crippen LogP contribution in [0.1, 0.15) is 17.5 Å². The molecule has 16 heavy (non-hydrogen) atoms. The smallest absolute Gasteiger partial charge is 0.154 e. The molecular weight excluding hydrogens is 222 g/mol. The molecule has 1 aromatic rings. The molecule has 0 saturated heterocycles. The maximum absolute atomic E-state index is 11.7. The molecule has 2 N–H and O–H groups in total.